The molecule has 1 unspecified atom stereocenters. The molecule has 1 aromatic rings. The van der Waals surface area contributed by atoms with Gasteiger partial charge < -0.3 is 15.2 Å². The average molecular weight is 301 g/mol. The minimum atomic E-state index is -2.84. The van der Waals surface area contributed by atoms with Crippen molar-refractivity contribution in [1.29, 1.82) is 0 Å². The van der Waals surface area contributed by atoms with Gasteiger partial charge in [-0.2, -0.15) is 8.78 Å². The van der Waals surface area contributed by atoms with Crippen molar-refractivity contribution in [2.45, 2.75) is 45.3 Å². The van der Waals surface area contributed by atoms with Crippen LogP contribution in [0.3, 0.4) is 0 Å². The predicted octanol–water partition coefficient (Wildman–Crippen LogP) is 3.06. The average Bonchev–Trinajstić information content (AvgIpc) is 2.43. The number of aryl methyl sites for hydroxylation is 1. The first-order chi connectivity index (χ1) is 9.87. The van der Waals surface area contributed by atoms with Crippen LogP contribution in [0.1, 0.15) is 32.3 Å². The summed E-state index contributed by atoms with van der Waals surface area (Å²) in [6, 6.07) is 6.25. The first-order valence-corrected chi connectivity index (χ1v) is 6.89. The predicted molar refractivity (Wildman–Crippen MR) is 75.7 cm³/mol. The van der Waals surface area contributed by atoms with E-state index >= 15 is 0 Å². The van der Waals surface area contributed by atoms with Gasteiger partial charge in [0.15, 0.2) is 0 Å². The van der Waals surface area contributed by atoms with Gasteiger partial charge in [-0.05, 0) is 50.4 Å². The van der Waals surface area contributed by atoms with Crippen LogP contribution in [0.5, 0.6) is 5.75 Å². The summed E-state index contributed by atoms with van der Waals surface area (Å²) in [7, 11) is 0. The van der Waals surface area contributed by atoms with Crippen molar-refractivity contribution in [3.63, 3.8) is 0 Å². The molecule has 0 saturated heterocycles. The fourth-order valence-corrected chi connectivity index (χ4v) is 1.90. The van der Waals surface area contributed by atoms with Crippen LogP contribution in [0.15, 0.2) is 24.3 Å². The second-order valence-corrected chi connectivity index (χ2v) is 5.09. The number of alkyl halides is 2. The summed E-state index contributed by atoms with van der Waals surface area (Å²) in [5.74, 6) is -0.799. The molecule has 0 amide bonds. The van der Waals surface area contributed by atoms with Gasteiger partial charge in [0.25, 0.3) is 0 Å². The molecular formula is C15H21F2NO3. The van der Waals surface area contributed by atoms with E-state index in [1.165, 1.54) is 12.1 Å². The summed E-state index contributed by atoms with van der Waals surface area (Å²) in [6.45, 7) is 1.41. The van der Waals surface area contributed by atoms with Crippen LogP contribution in [-0.4, -0.2) is 29.8 Å². The molecule has 0 heterocycles. The highest BCUT2D eigenvalue weighted by Gasteiger charge is 2.31. The molecule has 118 valence electrons. The lowest BCUT2D eigenvalue weighted by molar-refractivity contribution is -0.144. The number of halogens is 2. The van der Waals surface area contributed by atoms with Crippen molar-refractivity contribution < 1.29 is 23.4 Å². The Labute approximate surface area is 123 Å². The van der Waals surface area contributed by atoms with Gasteiger partial charge in [-0.3, -0.25) is 4.79 Å². The molecule has 6 heteroatoms. The summed E-state index contributed by atoms with van der Waals surface area (Å²) in [4.78, 5) is 11.4. The maximum Gasteiger partial charge on any atom is 0.387 e. The zero-order valence-corrected chi connectivity index (χ0v) is 12.2. The highest BCUT2D eigenvalue weighted by atomic mass is 19.3. The van der Waals surface area contributed by atoms with Crippen molar-refractivity contribution in [2.24, 2.45) is 0 Å². The minimum Gasteiger partial charge on any atom is -0.480 e. The normalized spacial score (nSPS) is 14.0. The van der Waals surface area contributed by atoms with E-state index < -0.39 is 18.1 Å². The number of hydrogen-bond acceptors (Lipinski definition) is 3. The van der Waals surface area contributed by atoms with E-state index in [4.69, 9.17) is 0 Å². The highest BCUT2D eigenvalue weighted by molar-refractivity contribution is 5.78. The maximum absolute atomic E-state index is 12.0. The Balaban J connectivity index is 2.61. The first kappa shape index (κ1) is 17.4. The monoisotopic (exact) mass is 301 g/mol. The molecule has 0 aliphatic rings. The zero-order valence-electron chi connectivity index (χ0n) is 12.2. The number of hydrogen-bond donors (Lipinski definition) is 2. The highest BCUT2D eigenvalue weighted by Crippen LogP contribution is 2.19. The maximum atomic E-state index is 12.0. The standard InChI is InChI=1S/C15H21F2NO3/c1-3-10-18-15(2,13(19)20)9-8-11-4-6-12(7-5-11)21-14(16)17/h4-7,14,18H,3,8-10H2,1-2H3,(H,19,20). The van der Waals surface area contributed by atoms with Crippen LogP contribution < -0.4 is 10.1 Å². The van der Waals surface area contributed by atoms with Crippen LogP contribution in [0.2, 0.25) is 0 Å². The van der Waals surface area contributed by atoms with Crippen LogP contribution in [0.4, 0.5) is 8.78 Å². The Morgan fingerprint density at radius 1 is 1.38 bits per heavy atom. The lowest BCUT2D eigenvalue weighted by atomic mass is 9.93. The lowest BCUT2D eigenvalue weighted by Gasteiger charge is -2.26. The van der Waals surface area contributed by atoms with E-state index in [2.05, 4.69) is 10.1 Å². The molecule has 0 aromatic heterocycles. The Hall–Kier alpha value is -1.69. The van der Waals surface area contributed by atoms with Gasteiger partial charge in [-0.1, -0.05) is 19.1 Å². The minimum absolute atomic E-state index is 0.0962. The Kier molecular flexibility index (Phi) is 6.55. The molecule has 0 saturated carbocycles. The van der Waals surface area contributed by atoms with Crippen LogP contribution in [0.25, 0.3) is 0 Å². The summed E-state index contributed by atoms with van der Waals surface area (Å²) in [5.41, 5.74) is -0.115. The largest absolute Gasteiger partial charge is 0.480 e. The summed E-state index contributed by atoms with van der Waals surface area (Å²) in [6.07, 6.45) is 1.80. The van der Waals surface area contributed by atoms with Crippen molar-refractivity contribution >= 4 is 5.97 Å². The second-order valence-electron chi connectivity index (χ2n) is 5.09. The van der Waals surface area contributed by atoms with Crippen LogP contribution >= 0.6 is 0 Å². The molecule has 21 heavy (non-hydrogen) atoms. The molecular weight excluding hydrogens is 280 g/mol. The molecule has 0 bridgehead atoms. The second kappa shape index (κ2) is 7.93. The summed E-state index contributed by atoms with van der Waals surface area (Å²) >= 11 is 0. The Morgan fingerprint density at radius 3 is 2.48 bits per heavy atom. The smallest absolute Gasteiger partial charge is 0.387 e. The number of aliphatic carboxylic acids is 1. The summed E-state index contributed by atoms with van der Waals surface area (Å²) in [5, 5.41) is 12.3. The Morgan fingerprint density at radius 2 is 2.00 bits per heavy atom. The van der Waals surface area contributed by atoms with Gasteiger partial charge >= 0.3 is 12.6 Å². The van der Waals surface area contributed by atoms with Crippen molar-refractivity contribution in [1.82, 2.24) is 5.32 Å². The molecule has 1 rings (SSSR count). The lowest BCUT2D eigenvalue weighted by Crippen LogP contribution is -2.50. The van der Waals surface area contributed by atoms with E-state index in [1.807, 2.05) is 6.92 Å². The molecule has 2 N–H and O–H groups in total. The number of carboxylic acids is 1. The molecule has 0 aliphatic carbocycles. The zero-order chi connectivity index (χ0) is 15.9. The third-order valence-corrected chi connectivity index (χ3v) is 3.30. The van der Waals surface area contributed by atoms with Gasteiger partial charge in [0.05, 0.1) is 0 Å². The number of benzene rings is 1. The van der Waals surface area contributed by atoms with Crippen LogP contribution in [0, 0.1) is 0 Å². The molecule has 0 spiro atoms. The topological polar surface area (TPSA) is 58.6 Å². The molecule has 1 atom stereocenters. The van der Waals surface area contributed by atoms with Gasteiger partial charge in [0.2, 0.25) is 0 Å². The van der Waals surface area contributed by atoms with E-state index in [9.17, 15) is 18.7 Å². The van der Waals surface area contributed by atoms with Gasteiger partial charge in [0, 0.05) is 0 Å². The molecule has 1 aromatic carbocycles. The van der Waals surface area contributed by atoms with Crippen molar-refractivity contribution in [3.05, 3.63) is 29.8 Å². The third kappa shape index (κ3) is 5.67. The fourth-order valence-electron chi connectivity index (χ4n) is 1.90. The van der Waals surface area contributed by atoms with E-state index in [1.54, 1.807) is 19.1 Å². The van der Waals surface area contributed by atoms with E-state index in [-0.39, 0.29) is 5.75 Å². The van der Waals surface area contributed by atoms with Crippen LogP contribution in [-0.2, 0) is 11.2 Å². The number of nitrogens with one attached hydrogen (secondary N) is 1. The molecule has 4 nitrogen and oxygen atoms in total. The SMILES string of the molecule is CCCNC(C)(CCc1ccc(OC(F)F)cc1)C(=O)O. The number of carboxylic acid groups (broad SMARTS) is 1. The van der Waals surface area contributed by atoms with Gasteiger partial charge in [-0.25, -0.2) is 0 Å². The molecule has 0 aliphatic heterocycles. The first-order valence-electron chi connectivity index (χ1n) is 6.89. The number of rotatable bonds is 9. The van der Waals surface area contributed by atoms with Crippen molar-refractivity contribution in [2.75, 3.05) is 6.54 Å². The quantitative estimate of drug-likeness (QED) is 0.736. The number of ether oxygens (including phenoxy) is 1. The third-order valence-electron chi connectivity index (χ3n) is 3.30. The van der Waals surface area contributed by atoms with Crippen molar-refractivity contribution in [3.8, 4) is 5.75 Å². The number of carbonyl (C=O) groups is 1. The van der Waals surface area contributed by atoms with E-state index in [0.29, 0.717) is 19.4 Å². The van der Waals surface area contributed by atoms with E-state index in [0.717, 1.165) is 12.0 Å². The van der Waals surface area contributed by atoms with Gasteiger partial charge in [-0.15, -0.1) is 0 Å². The van der Waals surface area contributed by atoms with Gasteiger partial charge in [0.1, 0.15) is 11.3 Å². The molecule has 0 fully saturated rings. The fraction of sp³-hybridized carbons (Fsp3) is 0.533. The molecule has 0 radical (unpaired) electrons. The summed E-state index contributed by atoms with van der Waals surface area (Å²) < 4.78 is 28.3. The Bertz CT molecular complexity index is 451.